The first kappa shape index (κ1) is 12.6. The first-order chi connectivity index (χ1) is 8.24. The van der Waals surface area contributed by atoms with Crippen molar-refractivity contribution in [2.45, 2.75) is 31.5 Å². The molecule has 2 unspecified atom stereocenters. The number of aliphatic hydroxyl groups is 1. The zero-order chi connectivity index (χ0) is 12.3. The third-order valence-electron chi connectivity index (χ3n) is 3.70. The van der Waals surface area contributed by atoms with Crippen LogP contribution < -0.4 is 11.5 Å². The second kappa shape index (κ2) is 5.66. The first-order valence-corrected chi connectivity index (χ1v) is 6.33. The number of hydrogen-bond acceptors (Lipinski definition) is 3. The molecule has 2 saturated heterocycles. The van der Waals surface area contributed by atoms with Gasteiger partial charge in [0.1, 0.15) is 6.17 Å². The minimum atomic E-state index is 0.185. The second-order valence-electron chi connectivity index (χ2n) is 4.70. The molecule has 0 aliphatic carbocycles. The van der Waals surface area contributed by atoms with Crippen LogP contribution in [0, 0.1) is 0 Å². The van der Waals surface area contributed by atoms with Crippen molar-refractivity contribution < 1.29 is 14.4 Å². The van der Waals surface area contributed by atoms with Gasteiger partial charge in [-0.2, -0.15) is 0 Å². The highest BCUT2D eigenvalue weighted by molar-refractivity contribution is 5.70. The third kappa shape index (κ3) is 2.70. The monoisotopic (exact) mass is 243 g/mol. The zero-order valence-electron chi connectivity index (χ0n) is 10.2. The Morgan fingerprint density at radius 1 is 1.29 bits per heavy atom. The van der Waals surface area contributed by atoms with E-state index < -0.39 is 0 Å². The Morgan fingerprint density at radius 2 is 2.00 bits per heavy atom. The fourth-order valence-corrected chi connectivity index (χ4v) is 2.91. The van der Waals surface area contributed by atoms with E-state index in [4.69, 9.17) is 21.3 Å². The van der Waals surface area contributed by atoms with E-state index >= 15 is 0 Å². The van der Waals surface area contributed by atoms with Crippen LogP contribution in [0.15, 0.2) is 0 Å². The summed E-state index contributed by atoms with van der Waals surface area (Å²) in [4.78, 5) is 2.38. The minimum absolute atomic E-state index is 0.185. The van der Waals surface area contributed by atoms with E-state index in [1.54, 1.807) is 0 Å². The molecule has 0 aromatic rings. The lowest BCUT2D eigenvalue weighted by Crippen LogP contribution is -2.52. The number of rotatable bonds is 3. The fraction of sp³-hybridized carbons (Fsp3) is 0.909. The zero-order valence-corrected chi connectivity index (χ0v) is 10.2. The van der Waals surface area contributed by atoms with Crippen LogP contribution in [0.1, 0.15) is 19.3 Å². The molecule has 5 N–H and O–H groups in total. The maximum absolute atomic E-state index is 9.07. The van der Waals surface area contributed by atoms with E-state index in [0.29, 0.717) is 5.96 Å². The van der Waals surface area contributed by atoms with Crippen LogP contribution in [0.3, 0.4) is 0 Å². The normalized spacial score (nSPS) is 30.8. The highest BCUT2D eigenvalue weighted by Gasteiger charge is 2.37. The van der Waals surface area contributed by atoms with Crippen LogP contribution in [0.4, 0.5) is 0 Å². The van der Waals surface area contributed by atoms with Gasteiger partial charge in [0.15, 0.2) is 0 Å². The van der Waals surface area contributed by atoms with E-state index in [1.807, 2.05) is 0 Å². The average Bonchev–Trinajstić information content (AvgIpc) is 2.74. The predicted molar refractivity (Wildman–Crippen MR) is 64.5 cm³/mol. The van der Waals surface area contributed by atoms with Gasteiger partial charge in [-0.05, 0) is 12.8 Å². The van der Waals surface area contributed by atoms with Crippen LogP contribution in [0.25, 0.3) is 0 Å². The molecule has 2 aliphatic heterocycles. The molecule has 0 aromatic heterocycles. The summed E-state index contributed by atoms with van der Waals surface area (Å²) in [6.45, 7) is 3.60. The predicted octanol–water partition coefficient (Wildman–Crippen LogP) is -1.52. The van der Waals surface area contributed by atoms with Crippen molar-refractivity contribution in [3.05, 3.63) is 0 Å². The summed E-state index contributed by atoms with van der Waals surface area (Å²) in [7, 11) is 0. The molecule has 6 heteroatoms. The fourth-order valence-electron chi connectivity index (χ4n) is 2.91. The summed E-state index contributed by atoms with van der Waals surface area (Å²) in [5.41, 5.74) is 11.6. The lowest BCUT2D eigenvalue weighted by molar-refractivity contribution is -0.604. The number of hydrogen-bond donors (Lipinski definition) is 3. The molecule has 17 heavy (non-hydrogen) atoms. The Bertz CT molecular complexity index is 285. The molecule has 0 radical (unpaired) electrons. The van der Waals surface area contributed by atoms with Crippen molar-refractivity contribution in [3.8, 4) is 0 Å². The molecule has 6 nitrogen and oxygen atoms in total. The smallest absolute Gasteiger partial charge is 0.342 e. The lowest BCUT2D eigenvalue weighted by atomic mass is 10.1. The van der Waals surface area contributed by atoms with Gasteiger partial charge in [-0.25, -0.2) is 4.58 Å². The molecule has 2 fully saturated rings. The van der Waals surface area contributed by atoms with Crippen molar-refractivity contribution in [2.24, 2.45) is 11.5 Å². The van der Waals surface area contributed by atoms with Crippen molar-refractivity contribution in [1.82, 2.24) is 4.90 Å². The SMILES string of the molecule is NC(N)=[N+]1C(CCO)CCC1N1CCOCC1. The van der Waals surface area contributed by atoms with Gasteiger partial charge < -0.3 is 9.84 Å². The number of aliphatic hydroxyl groups excluding tert-OH is 1. The van der Waals surface area contributed by atoms with Crippen molar-refractivity contribution >= 4 is 5.96 Å². The summed E-state index contributed by atoms with van der Waals surface area (Å²) in [5, 5.41) is 9.07. The number of morpholine rings is 1. The van der Waals surface area contributed by atoms with Gasteiger partial charge in [-0.3, -0.25) is 16.4 Å². The molecule has 2 aliphatic rings. The van der Waals surface area contributed by atoms with Crippen LogP contribution in [-0.2, 0) is 4.74 Å². The molecule has 0 saturated carbocycles. The van der Waals surface area contributed by atoms with Gasteiger partial charge in [0, 0.05) is 26.1 Å². The molecule has 0 aromatic carbocycles. The number of ether oxygens (including phenoxy) is 1. The van der Waals surface area contributed by atoms with Gasteiger partial charge in [0.05, 0.1) is 19.3 Å². The van der Waals surface area contributed by atoms with Crippen LogP contribution >= 0.6 is 0 Å². The minimum Gasteiger partial charge on any atom is -0.396 e. The summed E-state index contributed by atoms with van der Waals surface area (Å²) in [6.07, 6.45) is 3.11. The molecule has 2 atom stereocenters. The Hall–Kier alpha value is -0.850. The quantitative estimate of drug-likeness (QED) is 0.414. The largest absolute Gasteiger partial charge is 0.396 e. The summed E-state index contributed by atoms with van der Waals surface area (Å²) >= 11 is 0. The number of nitrogens with zero attached hydrogens (tertiary/aromatic N) is 2. The van der Waals surface area contributed by atoms with Gasteiger partial charge in [0.25, 0.3) is 0 Å². The topological polar surface area (TPSA) is 87.8 Å². The maximum Gasteiger partial charge on any atom is 0.342 e. The van der Waals surface area contributed by atoms with E-state index in [2.05, 4.69) is 9.48 Å². The van der Waals surface area contributed by atoms with Gasteiger partial charge >= 0.3 is 5.96 Å². The van der Waals surface area contributed by atoms with Crippen molar-refractivity contribution in [3.63, 3.8) is 0 Å². The lowest BCUT2D eigenvalue weighted by Gasteiger charge is -2.32. The standard InChI is InChI=1S/C11H22N4O2/c12-11(13)15-9(3-6-16)1-2-10(15)14-4-7-17-8-5-14/h9-10,16H,1-8H2,(H3,12,13)/p+1. The average molecular weight is 243 g/mol. The number of nitrogens with two attached hydrogens (primary N) is 2. The Kier molecular flexibility index (Phi) is 4.20. The van der Waals surface area contributed by atoms with Crippen LogP contribution in [0.5, 0.6) is 0 Å². The van der Waals surface area contributed by atoms with Gasteiger partial charge in [-0.1, -0.05) is 0 Å². The third-order valence-corrected chi connectivity index (χ3v) is 3.70. The summed E-state index contributed by atoms with van der Waals surface area (Å²) in [5.74, 6) is 0.373. The van der Waals surface area contributed by atoms with Gasteiger partial charge in [0.2, 0.25) is 0 Å². The molecular formula is C11H23N4O2+. The maximum atomic E-state index is 9.07. The molecule has 0 amide bonds. The number of guanidine groups is 1. The highest BCUT2D eigenvalue weighted by atomic mass is 16.5. The van der Waals surface area contributed by atoms with Gasteiger partial charge in [-0.15, -0.1) is 0 Å². The summed E-state index contributed by atoms with van der Waals surface area (Å²) < 4.78 is 7.43. The van der Waals surface area contributed by atoms with Crippen LogP contribution in [0.2, 0.25) is 0 Å². The molecule has 2 heterocycles. The van der Waals surface area contributed by atoms with Crippen molar-refractivity contribution in [1.29, 1.82) is 0 Å². The molecule has 2 rings (SSSR count). The van der Waals surface area contributed by atoms with E-state index in [0.717, 1.165) is 45.6 Å². The Morgan fingerprint density at radius 3 is 2.59 bits per heavy atom. The molecule has 0 spiro atoms. The van der Waals surface area contributed by atoms with Crippen LogP contribution in [-0.4, -0.2) is 65.7 Å². The summed E-state index contributed by atoms with van der Waals surface area (Å²) in [6, 6.07) is 0.276. The van der Waals surface area contributed by atoms with Crippen molar-refractivity contribution in [2.75, 3.05) is 32.9 Å². The Labute approximate surface area is 102 Å². The molecular weight excluding hydrogens is 220 g/mol. The first-order valence-electron chi connectivity index (χ1n) is 6.33. The van der Waals surface area contributed by atoms with E-state index in [9.17, 15) is 0 Å². The van der Waals surface area contributed by atoms with E-state index in [1.165, 1.54) is 0 Å². The highest BCUT2D eigenvalue weighted by Crippen LogP contribution is 2.24. The Balaban J connectivity index is 2.09. The van der Waals surface area contributed by atoms with E-state index in [-0.39, 0.29) is 18.8 Å². The second-order valence-corrected chi connectivity index (χ2v) is 4.70. The molecule has 0 bridgehead atoms. The molecule has 98 valence electrons.